The molecule has 10 heteroatoms. The molecule has 0 aromatic carbocycles. The number of allylic oxidation sites excluding steroid dienone is 1. The van der Waals surface area contributed by atoms with E-state index in [1.807, 2.05) is 0 Å². The third-order valence-corrected chi connectivity index (χ3v) is 4.62. The van der Waals surface area contributed by atoms with E-state index in [0.29, 0.717) is 25.7 Å². The van der Waals surface area contributed by atoms with Gasteiger partial charge >= 0.3 is 21.7 Å². The van der Waals surface area contributed by atoms with Crippen LogP contribution in [-0.2, 0) is 19.0 Å². The van der Waals surface area contributed by atoms with Gasteiger partial charge in [-0.1, -0.05) is 0 Å². The topological polar surface area (TPSA) is 72.9 Å². The zero-order chi connectivity index (χ0) is 16.5. The van der Waals surface area contributed by atoms with Gasteiger partial charge in [-0.2, -0.15) is 21.6 Å². The molecule has 1 fully saturated rings. The highest BCUT2D eigenvalue weighted by molar-refractivity contribution is 7.87. The SMILES string of the molecule is CCOC(=O)N1[C@@H]2CCC=C(OS(=O)(=O)C(F)(F)F)[C@H]1CC2. The fourth-order valence-corrected chi connectivity index (χ4v) is 3.26. The summed E-state index contributed by atoms with van der Waals surface area (Å²) in [4.78, 5) is 13.3. The van der Waals surface area contributed by atoms with Crippen LogP contribution in [0.2, 0.25) is 0 Å². The standard InChI is InChI=1S/C12H16F3NO5S/c1-2-20-11(17)16-8-4-3-5-10(9(16)7-6-8)21-22(18,19)12(13,14)15/h5,8-9H,2-4,6-7H2,1H3/t8-,9-/m1/s1. The van der Waals surface area contributed by atoms with Gasteiger partial charge in [0.2, 0.25) is 0 Å². The molecule has 0 aromatic rings. The molecule has 0 aromatic heterocycles. The Morgan fingerprint density at radius 2 is 2.05 bits per heavy atom. The molecule has 2 aliphatic rings. The van der Waals surface area contributed by atoms with E-state index in [0.717, 1.165) is 0 Å². The van der Waals surface area contributed by atoms with Crippen LogP contribution in [0.25, 0.3) is 0 Å². The first-order valence-electron chi connectivity index (χ1n) is 6.83. The van der Waals surface area contributed by atoms with E-state index in [2.05, 4.69) is 4.18 Å². The monoisotopic (exact) mass is 343 g/mol. The summed E-state index contributed by atoms with van der Waals surface area (Å²) >= 11 is 0. The van der Waals surface area contributed by atoms with Crippen LogP contribution in [0.4, 0.5) is 18.0 Å². The number of amides is 1. The van der Waals surface area contributed by atoms with Gasteiger partial charge in [-0.3, -0.25) is 4.90 Å². The molecule has 0 radical (unpaired) electrons. The van der Waals surface area contributed by atoms with Gasteiger partial charge in [-0.05, 0) is 38.7 Å². The smallest absolute Gasteiger partial charge is 0.450 e. The van der Waals surface area contributed by atoms with Crippen LogP contribution in [0, 0.1) is 0 Å². The Labute approximate surface area is 126 Å². The summed E-state index contributed by atoms with van der Waals surface area (Å²) in [6.07, 6.45) is 2.39. The van der Waals surface area contributed by atoms with Gasteiger partial charge in [-0.15, -0.1) is 0 Å². The van der Waals surface area contributed by atoms with E-state index in [-0.39, 0.29) is 18.4 Å². The summed E-state index contributed by atoms with van der Waals surface area (Å²) in [7, 11) is -5.75. The molecule has 0 N–H and O–H groups in total. The average molecular weight is 343 g/mol. The lowest BCUT2D eigenvalue weighted by molar-refractivity contribution is -0.0527. The summed E-state index contributed by atoms with van der Waals surface area (Å²) in [5.41, 5.74) is -5.51. The van der Waals surface area contributed by atoms with Gasteiger partial charge in [0.05, 0.1) is 12.6 Å². The predicted molar refractivity (Wildman–Crippen MR) is 69.0 cm³/mol. The van der Waals surface area contributed by atoms with Crippen molar-refractivity contribution in [2.75, 3.05) is 6.61 Å². The second kappa shape index (κ2) is 5.98. The van der Waals surface area contributed by atoms with Gasteiger partial charge in [-0.25, -0.2) is 4.79 Å². The van der Waals surface area contributed by atoms with Crippen molar-refractivity contribution >= 4 is 16.2 Å². The first-order valence-corrected chi connectivity index (χ1v) is 8.24. The number of carbonyl (C=O) groups excluding carboxylic acids is 1. The maximum Gasteiger partial charge on any atom is 0.534 e. The third kappa shape index (κ3) is 3.16. The number of carbonyl (C=O) groups is 1. The van der Waals surface area contributed by atoms with Crippen molar-refractivity contribution in [3.63, 3.8) is 0 Å². The van der Waals surface area contributed by atoms with E-state index < -0.39 is 27.8 Å². The number of halogens is 3. The Morgan fingerprint density at radius 1 is 1.36 bits per heavy atom. The predicted octanol–water partition coefficient (Wildman–Crippen LogP) is 2.52. The molecule has 2 rings (SSSR count). The molecule has 1 saturated heterocycles. The first-order chi connectivity index (χ1) is 10.2. The molecule has 22 heavy (non-hydrogen) atoms. The number of rotatable bonds is 3. The number of hydrogen-bond acceptors (Lipinski definition) is 5. The Morgan fingerprint density at radius 3 is 2.64 bits per heavy atom. The zero-order valence-corrected chi connectivity index (χ0v) is 12.6. The van der Waals surface area contributed by atoms with E-state index in [4.69, 9.17) is 4.74 Å². The molecule has 2 bridgehead atoms. The Hall–Kier alpha value is -1.45. The Balaban J connectivity index is 2.25. The van der Waals surface area contributed by atoms with E-state index >= 15 is 0 Å². The summed E-state index contributed by atoms with van der Waals surface area (Å²) < 4.78 is 68.9. The van der Waals surface area contributed by atoms with Gasteiger partial charge in [0.15, 0.2) is 0 Å². The van der Waals surface area contributed by atoms with Crippen molar-refractivity contribution in [2.45, 2.75) is 50.2 Å². The molecule has 6 nitrogen and oxygen atoms in total. The molecular weight excluding hydrogens is 327 g/mol. The summed E-state index contributed by atoms with van der Waals surface area (Å²) in [5.74, 6) is -0.356. The fourth-order valence-electron chi connectivity index (χ4n) is 2.74. The molecule has 0 saturated carbocycles. The van der Waals surface area contributed by atoms with E-state index in [9.17, 15) is 26.4 Å². The summed E-state index contributed by atoms with van der Waals surface area (Å²) in [6.45, 7) is 1.73. The number of fused-ring (bicyclic) bond motifs is 2. The van der Waals surface area contributed by atoms with Gasteiger partial charge in [0, 0.05) is 6.04 Å². The quantitative estimate of drug-likeness (QED) is 0.582. The number of alkyl halides is 3. The Bertz CT molecular complexity index is 572. The highest BCUT2D eigenvalue weighted by Gasteiger charge is 2.51. The minimum atomic E-state index is -5.75. The van der Waals surface area contributed by atoms with Crippen LogP contribution in [0.15, 0.2) is 11.8 Å². The van der Waals surface area contributed by atoms with Crippen molar-refractivity contribution in [1.82, 2.24) is 4.90 Å². The van der Waals surface area contributed by atoms with Crippen molar-refractivity contribution < 1.29 is 35.3 Å². The zero-order valence-electron chi connectivity index (χ0n) is 11.8. The number of ether oxygens (including phenoxy) is 1. The van der Waals surface area contributed by atoms with Gasteiger partial charge < -0.3 is 8.92 Å². The lowest BCUT2D eigenvalue weighted by atomic mass is 10.1. The second-order valence-corrected chi connectivity index (χ2v) is 6.56. The second-order valence-electron chi connectivity index (χ2n) is 5.02. The summed E-state index contributed by atoms with van der Waals surface area (Å²) in [6, 6.07) is -1.03. The van der Waals surface area contributed by atoms with Crippen molar-refractivity contribution in [3.8, 4) is 0 Å². The normalized spacial score (nSPS) is 25.5. The van der Waals surface area contributed by atoms with Crippen LogP contribution in [0.3, 0.4) is 0 Å². The van der Waals surface area contributed by atoms with Gasteiger partial charge in [0.1, 0.15) is 5.76 Å². The van der Waals surface area contributed by atoms with Gasteiger partial charge in [0.25, 0.3) is 0 Å². The Kier molecular flexibility index (Phi) is 4.59. The lowest BCUT2D eigenvalue weighted by Gasteiger charge is -2.28. The molecule has 1 amide bonds. The van der Waals surface area contributed by atoms with E-state index in [1.165, 1.54) is 11.0 Å². The fraction of sp³-hybridized carbons (Fsp3) is 0.750. The maximum absolute atomic E-state index is 12.5. The summed E-state index contributed by atoms with van der Waals surface area (Å²) in [5, 5.41) is 0. The highest BCUT2D eigenvalue weighted by Crippen LogP contribution is 2.38. The molecule has 2 atom stereocenters. The van der Waals surface area contributed by atoms with Crippen LogP contribution < -0.4 is 0 Å². The maximum atomic E-state index is 12.5. The molecule has 0 unspecified atom stereocenters. The molecule has 2 aliphatic heterocycles. The molecule has 0 aliphatic carbocycles. The van der Waals surface area contributed by atoms with Crippen LogP contribution in [0.1, 0.15) is 32.6 Å². The molecule has 126 valence electrons. The average Bonchev–Trinajstić information content (AvgIpc) is 2.71. The van der Waals surface area contributed by atoms with Crippen LogP contribution in [0.5, 0.6) is 0 Å². The van der Waals surface area contributed by atoms with E-state index in [1.54, 1.807) is 6.92 Å². The lowest BCUT2D eigenvalue weighted by Crippen LogP contribution is -2.42. The number of nitrogens with zero attached hydrogens (tertiary/aromatic N) is 1. The van der Waals surface area contributed by atoms with Crippen molar-refractivity contribution in [3.05, 3.63) is 11.8 Å². The molecule has 2 heterocycles. The van der Waals surface area contributed by atoms with Crippen molar-refractivity contribution in [2.24, 2.45) is 0 Å². The largest absolute Gasteiger partial charge is 0.534 e. The van der Waals surface area contributed by atoms with Crippen LogP contribution in [-0.4, -0.2) is 43.6 Å². The minimum absolute atomic E-state index is 0.121. The van der Waals surface area contributed by atoms with Crippen LogP contribution >= 0.6 is 0 Å². The third-order valence-electron chi connectivity index (χ3n) is 3.64. The molecule has 0 spiro atoms. The molecular formula is C12H16F3NO5S. The first kappa shape index (κ1) is 16.9. The van der Waals surface area contributed by atoms with Crippen molar-refractivity contribution in [1.29, 1.82) is 0 Å². The number of hydrogen-bond donors (Lipinski definition) is 0. The minimum Gasteiger partial charge on any atom is -0.450 e. The highest BCUT2D eigenvalue weighted by atomic mass is 32.2.